The first kappa shape index (κ1) is 23.0. The first-order chi connectivity index (χ1) is 17.0. The molecule has 35 heavy (non-hydrogen) atoms. The van der Waals surface area contributed by atoms with E-state index in [0.717, 1.165) is 24.5 Å². The summed E-state index contributed by atoms with van der Waals surface area (Å²) in [5.74, 6) is 0.357. The topological polar surface area (TPSA) is 67.7 Å². The number of rotatable bonds is 5. The predicted octanol–water partition coefficient (Wildman–Crippen LogP) is 3.92. The number of hydrogen-bond donors (Lipinski definition) is 0. The first-order valence-electron chi connectivity index (χ1n) is 11.4. The van der Waals surface area contributed by atoms with Crippen LogP contribution in [-0.4, -0.2) is 53.6 Å². The number of ether oxygens (including phenoxy) is 1. The van der Waals surface area contributed by atoms with Gasteiger partial charge in [-0.2, -0.15) is 0 Å². The van der Waals surface area contributed by atoms with Crippen LogP contribution in [0.15, 0.2) is 59.7 Å². The van der Waals surface area contributed by atoms with E-state index >= 15 is 0 Å². The lowest BCUT2D eigenvalue weighted by Crippen LogP contribution is -2.48. The van der Waals surface area contributed by atoms with Gasteiger partial charge < -0.3 is 14.5 Å². The van der Waals surface area contributed by atoms with E-state index in [1.165, 1.54) is 28.3 Å². The van der Waals surface area contributed by atoms with Crippen molar-refractivity contribution in [2.45, 2.75) is 13.5 Å². The average Bonchev–Trinajstić information content (AvgIpc) is 3.23. The maximum Gasteiger partial charge on any atom is 0.264 e. The van der Waals surface area contributed by atoms with Gasteiger partial charge in [0.2, 0.25) is 0 Å². The van der Waals surface area contributed by atoms with Gasteiger partial charge in [0, 0.05) is 37.4 Å². The molecule has 1 saturated heterocycles. The number of amides is 1. The molecule has 1 amide bonds. The fourth-order valence-electron chi connectivity index (χ4n) is 4.39. The Morgan fingerprint density at radius 2 is 1.80 bits per heavy atom. The van der Waals surface area contributed by atoms with E-state index in [9.17, 15) is 14.0 Å². The van der Waals surface area contributed by atoms with E-state index in [-0.39, 0.29) is 23.8 Å². The van der Waals surface area contributed by atoms with Crippen LogP contribution >= 0.6 is 11.3 Å². The third kappa shape index (κ3) is 4.39. The van der Waals surface area contributed by atoms with Crippen molar-refractivity contribution in [3.8, 4) is 5.75 Å². The number of carbonyl (C=O) groups excluding carboxylic acids is 1. The normalized spacial score (nSPS) is 13.9. The highest BCUT2D eigenvalue weighted by atomic mass is 32.1. The molecule has 9 heteroatoms. The molecule has 4 aromatic rings. The van der Waals surface area contributed by atoms with Crippen LogP contribution in [0.5, 0.6) is 5.75 Å². The molecular weight excluding hydrogens is 467 g/mol. The largest absolute Gasteiger partial charge is 0.497 e. The molecule has 0 N–H and O–H groups in total. The minimum absolute atomic E-state index is 0.0834. The number of hydrogen-bond acceptors (Lipinski definition) is 6. The first-order valence-corrected chi connectivity index (χ1v) is 12.2. The van der Waals surface area contributed by atoms with Crippen LogP contribution in [0.4, 0.5) is 10.1 Å². The molecular formula is C26H25FN4O3S. The number of piperazine rings is 1. The zero-order valence-corrected chi connectivity index (χ0v) is 20.3. The van der Waals surface area contributed by atoms with Gasteiger partial charge in [0.1, 0.15) is 16.4 Å². The average molecular weight is 493 g/mol. The van der Waals surface area contributed by atoms with Gasteiger partial charge in [-0.25, -0.2) is 9.37 Å². The van der Waals surface area contributed by atoms with Crippen LogP contribution in [0.25, 0.3) is 10.2 Å². The van der Waals surface area contributed by atoms with Crippen molar-refractivity contribution in [3.63, 3.8) is 0 Å². The van der Waals surface area contributed by atoms with E-state index < -0.39 is 0 Å². The number of nitrogens with zero attached hydrogens (tertiary/aromatic N) is 4. The van der Waals surface area contributed by atoms with E-state index in [2.05, 4.69) is 9.88 Å². The molecule has 0 saturated carbocycles. The summed E-state index contributed by atoms with van der Waals surface area (Å²) in [5.41, 5.74) is 1.87. The van der Waals surface area contributed by atoms with E-state index in [1.807, 2.05) is 29.2 Å². The Morgan fingerprint density at radius 3 is 2.49 bits per heavy atom. The Labute approximate surface area is 206 Å². The van der Waals surface area contributed by atoms with Crippen molar-refractivity contribution in [3.05, 3.63) is 87.0 Å². The van der Waals surface area contributed by atoms with Gasteiger partial charge >= 0.3 is 0 Å². The number of fused-ring (bicyclic) bond motifs is 1. The predicted molar refractivity (Wildman–Crippen MR) is 135 cm³/mol. The number of carbonyl (C=O) groups is 1. The highest BCUT2D eigenvalue weighted by Gasteiger charge is 2.27. The minimum atomic E-state index is -0.369. The summed E-state index contributed by atoms with van der Waals surface area (Å²) in [4.78, 5) is 36.1. The number of anilines is 1. The van der Waals surface area contributed by atoms with Crippen molar-refractivity contribution in [2.24, 2.45) is 0 Å². The van der Waals surface area contributed by atoms with Crippen LogP contribution in [0.1, 0.15) is 20.8 Å². The van der Waals surface area contributed by atoms with Gasteiger partial charge in [-0.15, -0.1) is 11.3 Å². The maximum absolute atomic E-state index is 14.1. The van der Waals surface area contributed by atoms with Crippen molar-refractivity contribution >= 4 is 33.1 Å². The number of halogens is 1. The lowest BCUT2D eigenvalue weighted by atomic mass is 10.1. The Kier molecular flexibility index (Phi) is 6.25. The number of aromatic nitrogens is 2. The number of benzene rings is 2. The van der Waals surface area contributed by atoms with E-state index in [1.54, 1.807) is 32.2 Å². The molecule has 3 heterocycles. The maximum atomic E-state index is 14.1. The zero-order valence-electron chi connectivity index (χ0n) is 19.5. The standard InChI is InChI=1S/C26H25FN4O3S/c1-17-22-24(28-16-31(25(22)32)15-18-5-3-4-6-21(18)27)35-23(17)26(33)30-13-11-29(12-14-30)19-7-9-20(34-2)10-8-19/h3-10,16H,11-15H2,1-2H3. The molecule has 0 atom stereocenters. The summed E-state index contributed by atoms with van der Waals surface area (Å²) < 4.78 is 20.7. The summed E-state index contributed by atoms with van der Waals surface area (Å²) in [5, 5.41) is 0.425. The van der Waals surface area contributed by atoms with Gasteiger partial charge in [-0.05, 0) is 42.8 Å². The van der Waals surface area contributed by atoms with Gasteiger partial charge in [0.05, 0.1) is 30.2 Å². The number of thiophene rings is 1. The van der Waals surface area contributed by atoms with Gasteiger partial charge in [0.15, 0.2) is 0 Å². The van der Waals surface area contributed by atoms with Crippen LogP contribution in [0, 0.1) is 12.7 Å². The highest BCUT2D eigenvalue weighted by molar-refractivity contribution is 7.20. The monoisotopic (exact) mass is 492 g/mol. The van der Waals surface area contributed by atoms with Crippen molar-refractivity contribution in [1.82, 2.24) is 14.5 Å². The van der Waals surface area contributed by atoms with Gasteiger partial charge in [-0.3, -0.25) is 14.2 Å². The molecule has 180 valence electrons. The zero-order chi connectivity index (χ0) is 24.5. The molecule has 7 nitrogen and oxygen atoms in total. The summed E-state index contributed by atoms with van der Waals surface area (Å²) in [7, 11) is 1.64. The third-order valence-electron chi connectivity index (χ3n) is 6.41. The summed E-state index contributed by atoms with van der Waals surface area (Å²) >= 11 is 1.24. The molecule has 2 aromatic carbocycles. The second-order valence-corrected chi connectivity index (χ2v) is 9.48. The summed E-state index contributed by atoms with van der Waals surface area (Å²) in [6, 6.07) is 14.3. The Bertz CT molecular complexity index is 1440. The SMILES string of the molecule is COc1ccc(N2CCN(C(=O)c3sc4ncn(Cc5ccccc5F)c(=O)c4c3C)CC2)cc1. The third-order valence-corrected chi connectivity index (χ3v) is 7.60. The van der Waals surface area contributed by atoms with E-state index in [0.29, 0.717) is 39.3 Å². The van der Waals surface area contributed by atoms with E-state index in [4.69, 9.17) is 4.74 Å². The molecule has 0 bridgehead atoms. The Morgan fingerprint density at radius 1 is 1.09 bits per heavy atom. The molecule has 0 aliphatic carbocycles. The van der Waals surface area contributed by atoms with Crippen LogP contribution in [0.3, 0.4) is 0 Å². The quantitative estimate of drug-likeness (QED) is 0.422. The lowest BCUT2D eigenvalue weighted by molar-refractivity contribution is 0.0751. The fourth-order valence-corrected chi connectivity index (χ4v) is 5.50. The molecule has 0 unspecified atom stereocenters. The molecule has 1 aliphatic rings. The molecule has 2 aromatic heterocycles. The van der Waals surface area contributed by atoms with Crippen molar-refractivity contribution in [2.75, 3.05) is 38.2 Å². The van der Waals surface area contributed by atoms with Crippen molar-refractivity contribution in [1.29, 1.82) is 0 Å². The Hall–Kier alpha value is -3.72. The Balaban J connectivity index is 1.34. The smallest absolute Gasteiger partial charge is 0.264 e. The van der Waals surface area contributed by atoms with Crippen LogP contribution in [0.2, 0.25) is 0 Å². The highest BCUT2D eigenvalue weighted by Crippen LogP contribution is 2.29. The number of methoxy groups -OCH3 is 1. The fraction of sp³-hybridized carbons (Fsp3) is 0.269. The molecule has 0 radical (unpaired) electrons. The van der Waals surface area contributed by atoms with Crippen LogP contribution in [-0.2, 0) is 6.54 Å². The molecule has 1 fully saturated rings. The van der Waals surface area contributed by atoms with Crippen LogP contribution < -0.4 is 15.2 Å². The summed E-state index contributed by atoms with van der Waals surface area (Å²) in [6.07, 6.45) is 1.43. The number of aryl methyl sites for hydroxylation is 1. The minimum Gasteiger partial charge on any atom is -0.497 e. The molecule has 1 aliphatic heterocycles. The second kappa shape index (κ2) is 9.50. The molecule has 5 rings (SSSR count). The van der Waals surface area contributed by atoms with Gasteiger partial charge in [-0.1, -0.05) is 18.2 Å². The van der Waals surface area contributed by atoms with Crippen molar-refractivity contribution < 1.29 is 13.9 Å². The van der Waals surface area contributed by atoms with Gasteiger partial charge in [0.25, 0.3) is 11.5 Å². The molecule has 0 spiro atoms. The lowest BCUT2D eigenvalue weighted by Gasteiger charge is -2.36. The summed E-state index contributed by atoms with van der Waals surface area (Å²) in [6.45, 7) is 4.48. The second-order valence-electron chi connectivity index (χ2n) is 8.48.